The van der Waals surface area contributed by atoms with E-state index >= 15 is 0 Å². The van der Waals surface area contributed by atoms with E-state index in [-0.39, 0.29) is 0 Å². The lowest BCUT2D eigenvalue weighted by molar-refractivity contribution is 0.415. The van der Waals surface area contributed by atoms with Crippen molar-refractivity contribution in [3.05, 3.63) is 36.7 Å². The van der Waals surface area contributed by atoms with E-state index in [9.17, 15) is 0 Å². The summed E-state index contributed by atoms with van der Waals surface area (Å²) in [5.74, 6) is 0.825. The van der Waals surface area contributed by atoms with Crippen LogP contribution in [-0.4, -0.2) is 12.1 Å². The highest BCUT2D eigenvalue weighted by atomic mass is 16.5. The maximum absolute atomic E-state index is 5.36. The average Bonchev–Trinajstić information content (AvgIpc) is 2.76. The van der Waals surface area contributed by atoms with Crippen molar-refractivity contribution in [2.45, 2.75) is 0 Å². The molecule has 0 aliphatic carbocycles. The van der Waals surface area contributed by atoms with Crippen molar-refractivity contribution in [2.75, 3.05) is 7.11 Å². The third-order valence-electron chi connectivity index (χ3n) is 2.52. The fraction of sp³-hybridized carbons (Fsp3) is 0.0833. The van der Waals surface area contributed by atoms with Gasteiger partial charge in [0, 0.05) is 5.39 Å². The molecule has 0 radical (unpaired) electrons. The number of aromatic nitrogens is 1. The average molecular weight is 199 g/mol. The summed E-state index contributed by atoms with van der Waals surface area (Å²) < 4.78 is 10.5. The van der Waals surface area contributed by atoms with Crippen LogP contribution in [0.25, 0.3) is 21.9 Å². The van der Waals surface area contributed by atoms with Crippen LogP contribution in [0.5, 0.6) is 5.75 Å². The molecular weight excluding hydrogens is 190 g/mol. The molecule has 74 valence electrons. The highest BCUT2D eigenvalue weighted by Gasteiger charge is 2.05. The molecule has 3 heteroatoms. The summed E-state index contributed by atoms with van der Waals surface area (Å²) in [6, 6.07) is 9.89. The molecule has 0 spiro atoms. The Bertz CT molecular complexity index is 628. The van der Waals surface area contributed by atoms with E-state index < -0.39 is 0 Å². The second-order valence-corrected chi connectivity index (χ2v) is 3.35. The van der Waals surface area contributed by atoms with Gasteiger partial charge in [-0.3, -0.25) is 0 Å². The Morgan fingerprint density at radius 3 is 2.93 bits per heavy atom. The van der Waals surface area contributed by atoms with Crippen LogP contribution >= 0.6 is 0 Å². The number of ether oxygens (including phenoxy) is 1. The molecule has 1 aromatic heterocycles. The fourth-order valence-electron chi connectivity index (χ4n) is 1.75. The largest absolute Gasteiger partial charge is 0.497 e. The number of methoxy groups -OCH3 is 1. The van der Waals surface area contributed by atoms with Gasteiger partial charge in [-0.1, -0.05) is 12.1 Å². The molecule has 0 saturated carbocycles. The summed E-state index contributed by atoms with van der Waals surface area (Å²) in [7, 11) is 1.65. The Hall–Kier alpha value is -2.03. The maximum Gasteiger partial charge on any atom is 0.182 e. The molecule has 2 aromatic carbocycles. The van der Waals surface area contributed by atoms with Gasteiger partial charge in [-0.05, 0) is 23.6 Å². The molecule has 3 rings (SSSR count). The predicted octanol–water partition coefficient (Wildman–Crippen LogP) is 2.99. The van der Waals surface area contributed by atoms with Gasteiger partial charge in [0.15, 0.2) is 12.0 Å². The molecule has 0 amide bonds. The zero-order chi connectivity index (χ0) is 10.3. The SMILES string of the molecule is COc1ccc2ccc3ncoc3c2c1. The van der Waals surface area contributed by atoms with Gasteiger partial charge in [-0.15, -0.1) is 0 Å². The summed E-state index contributed by atoms with van der Waals surface area (Å²) in [6.45, 7) is 0. The minimum Gasteiger partial charge on any atom is -0.497 e. The third kappa shape index (κ3) is 1.16. The summed E-state index contributed by atoms with van der Waals surface area (Å²) in [5, 5.41) is 2.16. The van der Waals surface area contributed by atoms with Gasteiger partial charge < -0.3 is 9.15 Å². The Morgan fingerprint density at radius 2 is 2.07 bits per heavy atom. The van der Waals surface area contributed by atoms with E-state index in [0.717, 1.165) is 27.6 Å². The summed E-state index contributed by atoms with van der Waals surface area (Å²) in [4.78, 5) is 4.12. The van der Waals surface area contributed by atoms with Gasteiger partial charge in [0.25, 0.3) is 0 Å². The van der Waals surface area contributed by atoms with E-state index in [2.05, 4.69) is 4.98 Å². The molecule has 0 saturated heterocycles. The summed E-state index contributed by atoms with van der Waals surface area (Å²) in [5.41, 5.74) is 1.68. The molecule has 0 unspecified atom stereocenters. The van der Waals surface area contributed by atoms with Crippen LogP contribution in [0.4, 0.5) is 0 Å². The lowest BCUT2D eigenvalue weighted by atomic mass is 10.1. The topological polar surface area (TPSA) is 35.3 Å². The van der Waals surface area contributed by atoms with Crippen molar-refractivity contribution in [1.29, 1.82) is 0 Å². The van der Waals surface area contributed by atoms with Gasteiger partial charge in [-0.2, -0.15) is 0 Å². The number of hydrogen-bond donors (Lipinski definition) is 0. The predicted molar refractivity (Wildman–Crippen MR) is 58.1 cm³/mol. The Morgan fingerprint density at radius 1 is 1.20 bits per heavy atom. The second kappa shape index (κ2) is 2.98. The van der Waals surface area contributed by atoms with Crippen LogP contribution in [0, 0.1) is 0 Å². The van der Waals surface area contributed by atoms with E-state index in [1.54, 1.807) is 7.11 Å². The third-order valence-corrected chi connectivity index (χ3v) is 2.52. The van der Waals surface area contributed by atoms with E-state index in [4.69, 9.17) is 9.15 Å². The van der Waals surface area contributed by atoms with Crippen molar-refractivity contribution >= 4 is 21.9 Å². The van der Waals surface area contributed by atoms with Crippen LogP contribution in [0.3, 0.4) is 0 Å². The van der Waals surface area contributed by atoms with Gasteiger partial charge in [-0.25, -0.2) is 4.98 Å². The normalized spacial score (nSPS) is 11.0. The van der Waals surface area contributed by atoms with Gasteiger partial charge >= 0.3 is 0 Å². The minimum atomic E-state index is 0.811. The molecule has 0 aliphatic heterocycles. The number of nitrogens with zero attached hydrogens (tertiary/aromatic N) is 1. The van der Waals surface area contributed by atoms with Gasteiger partial charge in [0.1, 0.15) is 11.3 Å². The number of fused-ring (bicyclic) bond motifs is 3. The lowest BCUT2D eigenvalue weighted by Gasteiger charge is -2.02. The Balaban J connectivity index is 2.48. The Kier molecular flexibility index (Phi) is 1.65. The van der Waals surface area contributed by atoms with Crippen molar-refractivity contribution < 1.29 is 9.15 Å². The van der Waals surface area contributed by atoms with E-state index in [1.807, 2.05) is 30.3 Å². The highest BCUT2D eigenvalue weighted by Crippen LogP contribution is 2.27. The van der Waals surface area contributed by atoms with Crippen molar-refractivity contribution in [1.82, 2.24) is 4.98 Å². The van der Waals surface area contributed by atoms with Crippen LogP contribution in [0.1, 0.15) is 0 Å². The Labute approximate surface area is 86.3 Å². The van der Waals surface area contributed by atoms with E-state index in [0.29, 0.717) is 0 Å². The number of hydrogen-bond acceptors (Lipinski definition) is 3. The van der Waals surface area contributed by atoms with Gasteiger partial charge in [0.05, 0.1) is 7.11 Å². The highest BCUT2D eigenvalue weighted by molar-refractivity contribution is 6.03. The van der Waals surface area contributed by atoms with Crippen LogP contribution in [0.15, 0.2) is 41.1 Å². The molecular formula is C12H9NO2. The number of benzene rings is 2. The summed E-state index contributed by atoms with van der Waals surface area (Å²) in [6.07, 6.45) is 1.46. The quantitative estimate of drug-likeness (QED) is 0.604. The molecule has 3 nitrogen and oxygen atoms in total. The molecule has 0 fully saturated rings. The molecule has 0 atom stereocenters. The molecule has 1 heterocycles. The fourth-order valence-corrected chi connectivity index (χ4v) is 1.75. The first-order valence-corrected chi connectivity index (χ1v) is 4.68. The van der Waals surface area contributed by atoms with Crippen molar-refractivity contribution in [3.63, 3.8) is 0 Å². The minimum absolute atomic E-state index is 0.811. The van der Waals surface area contributed by atoms with E-state index in [1.165, 1.54) is 6.39 Å². The second-order valence-electron chi connectivity index (χ2n) is 3.35. The van der Waals surface area contributed by atoms with Crippen LogP contribution in [0.2, 0.25) is 0 Å². The molecule has 0 aliphatic rings. The molecule has 0 N–H and O–H groups in total. The number of oxazole rings is 1. The lowest BCUT2D eigenvalue weighted by Crippen LogP contribution is -1.82. The van der Waals surface area contributed by atoms with Crippen molar-refractivity contribution in [3.8, 4) is 5.75 Å². The summed E-state index contributed by atoms with van der Waals surface area (Å²) >= 11 is 0. The number of rotatable bonds is 1. The molecule has 15 heavy (non-hydrogen) atoms. The maximum atomic E-state index is 5.36. The zero-order valence-electron chi connectivity index (χ0n) is 8.23. The van der Waals surface area contributed by atoms with Gasteiger partial charge in [0.2, 0.25) is 0 Å². The standard InChI is InChI=1S/C12H9NO2/c1-14-9-4-2-8-3-5-11-12(10(8)6-9)15-7-13-11/h2-7H,1H3. The van der Waals surface area contributed by atoms with Crippen molar-refractivity contribution in [2.24, 2.45) is 0 Å². The molecule has 3 aromatic rings. The molecule has 0 bridgehead atoms. The first kappa shape index (κ1) is 8.29. The first-order chi connectivity index (χ1) is 7.38. The smallest absolute Gasteiger partial charge is 0.182 e. The zero-order valence-corrected chi connectivity index (χ0v) is 8.23. The first-order valence-electron chi connectivity index (χ1n) is 4.68. The van der Waals surface area contributed by atoms with Crippen LogP contribution in [-0.2, 0) is 0 Å². The monoisotopic (exact) mass is 199 g/mol. The van der Waals surface area contributed by atoms with Crippen LogP contribution < -0.4 is 4.74 Å².